The van der Waals surface area contributed by atoms with E-state index in [1.807, 2.05) is 12.9 Å². The highest BCUT2D eigenvalue weighted by Crippen LogP contribution is 2.33. The van der Waals surface area contributed by atoms with Crippen molar-refractivity contribution in [2.24, 2.45) is 0 Å². The lowest BCUT2D eigenvalue weighted by atomic mass is 9.90. The maximum Gasteiger partial charge on any atom is 0.150 e. The molecule has 0 N–H and O–H groups in total. The molecule has 0 aliphatic rings. The Morgan fingerprint density at radius 3 is 2.48 bits per heavy atom. The molecule has 0 heterocycles. The molecule has 27 heavy (non-hydrogen) atoms. The first-order valence-electron chi connectivity index (χ1n) is 8.86. The molecule has 3 rings (SSSR count). The molecule has 0 atom stereocenters. The zero-order valence-electron chi connectivity index (χ0n) is 15.8. The molecule has 3 aromatic rings. The summed E-state index contributed by atoms with van der Waals surface area (Å²) in [5.74, 6) is 0. The first-order chi connectivity index (χ1) is 13.2. The topological polar surface area (TPSA) is 34.1 Å². The predicted molar refractivity (Wildman–Crippen MR) is 112 cm³/mol. The number of aryl methyl sites for hydroxylation is 2. The van der Waals surface area contributed by atoms with Gasteiger partial charge in [-0.1, -0.05) is 62.4 Å². The fourth-order valence-corrected chi connectivity index (χ4v) is 3.38. The van der Waals surface area contributed by atoms with E-state index in [0.717, 1.165) is 41.4 Å². The monoisotopic (exact) mass is 355 g/mol. The highest BCUT2D eigenvalue weighted by atomic mass is 16.1. The molecule has 0 aromatic heterocycles. The molecule has 0 aliphatic heterocycles. The van der Waals surface area contributed by atoms with Crippen molar-refractivity contribution in [2.75, 3.05) is 0 Å². The number of benzene rings is 3. The SMILES string of the molecule is C=C=[C]c1c(C=O)cc(-c2cc(C)cc3ccccc23)cc1CCC.C=O. The number of hydrogen-bond acceptors (Lipinski definition) is 2. The fraction of sp³-hybridized carbons (Fsp3) is 0.160. The van der Waals surface area contributed by atoms with Crippen LogP contribution in [0, 0.1) is 13.0 Å². The smallest absolute Gasteiger partial charge is 0.150 e. The number of aldehydes is 1. The van der Waals surface area contributed by atoms with Gasteiger partial charge in [0.15, 0.2) is 6.29 Å². The Bertz CT molecular complexity index is 1010. The number of fused-ring (bicyclic) bond motifs is 1. The van der Waals surface area contributed by atoms with E-state index in [9.17, 15) is 4.79 Å². The number of carbonyl (C=O) groups excluding carboxylic acids is 2. The van der Waals surface area contributed by atoms with Gasteiger partial charge in [-0.2, -0.15) is 0 Å². The summed E-state index contributed by atoms with van der Waals surface area (Å²) in [6.45, 7) is 9.85. The molecule has 3 aromatic carbocycles. The van der Waals surface area contributed by atoms with Crippen molar-refractivity contribution in [1.82, 2.24) is 0 Å². The van der Waals surface area contributed by atoms with E-state index in [-0.39, 0.29) is 0 Å². The second-order valence-electron chi connectivity index (χ2n) is 6.30. The van der Waals surface area contributed by atoms with Gasteiger partial charge in [-0.15, -0.1) is 5.73 Å². The number of carbonyl (C=O) groups is 2. The molecule has 0 saturated heterocycles. The Kier molecular flexibility index (Phi) is 7.05. The van der Waals surface area contributed by atoms with Crippen LogP contribution in [0.5, 0.6) is 0 Å². The zero-order valence-corrected chi connectivity index (χ0v) is 15.8. The van der Waals surface area contributed by atoms with E-state index in [2.05, 4.69) is 74.7 Å². The molecule has 1 radical (unpaired) electrons. The van der Waals surface area contributed by atoms with Crippen LogP contribution in [0.4, 0.5) is 0 Å². The van der Waals surface area contributed by atoms with Crippen molar-refractivity contribution in [3.05, 3.63) is 89.2 Å². The molecule has 0 bridgehead atoms. The Balaban J connectivity index is 0.00000126. The van der Waals surface area contributed by atoms with Crippen LogP contribution in [0.3, 0.4) is 0 Å². The Labute approximate surface area is 160 Å². The Morgan fingerprint density at radius 2 is 1.81 bits per heavy atom. The van der Waals surface area contributed by atoms with Gasteiger partial charge in [0.25, 0.3) is 0 Å². The van der Waals surface area contributed by atoms with Crippen molar-refractivity contribution in [1.29, 1.82) is 0 Å². The third-order valence-electron chi connectivity index (χ3n) is 4.43. The van der Waals surface area contributed by atoms with Crippen molar-refractivity contribution >= 4 is 23.8 Å². The van der Waals surface area contributed by atoms with Gasteiger partial charge in [0, 0.05) is 17.2 Å². The van der Waals surface area contributed by atoms with E-state index < -0.39 is 0 Å². The van der Waals surface area contributed by atoms with Gasteiger partial charge >= 0.3 is 0 Å². The van der Waals surface area contributed by atoms with Gasteiger partial charge in [-0.3, -0.25) is 4.79 Å². The van der Waals surface area contributed by atoms with E-state index >= 15 is 0 Å². The lowest BCUT2D eigenvalue weighted by Crippen LogP contribution is -1.98. The van der Waals surface area contributed by atoms with Crippen molar-refractivity contribution in [3.8, 4) is 11.1 Å². The first kappa shape index (κ1) is 20.1. The van der Waals surface area contributed by atoms with Crippen molar-refractivity contribution in [2.45, 2.75) is 26.7 Å². The predicted octanol–water partition coefficient (Wildman–Crippen LogP) is 5.89. The van der Waals surface area contributed by atoms with Crippen molar-refractivity contribution < 1.29 is 9.59 Å². The summed E-state index contributed by atoms with van der Waals surface area (Å²) in [5.41, 5.74) is 8.70. The van der Waals surface area contributed by atoms with Crippen LogP contribution in [0.25, 0.3) is 21.9 Å². The standard InChI is InChI=1S/C24H21O.CH2O/c1-4-8-18-14-20(15-21(16-25)22(18)9-5-2)24-13-17(3)12-19-10-6-7-11-23(19)24;1-2/h6-7,10-16H,2,4,8H2,1,3H3;1H2. The average molecular weight is 355 g/mol. The molecule has 0 saturated carbocycles. The second-order valence-corrected chi connectivity index (χ2v) is 6.30. The molecule has 2 nitrogen and oxygen atoms in total. The van der Waals surface area contributed by atoms with E-state index in [4.69, 9.17) is 4.79 Å². The highest BCUT2D eigenvalue weighted by molar-refractivity contribution is 5.98. The summed E-state index contributed by atoms with van der Waals surface area (Å²) in [6.07, 6.45) is 5.81. The maximum absolute atomic E-state index is 11.7. The summed E-state index contributed by atoms with van der Waals surface area (Å²) in [7, 11) is 0. The van der Waals surface area contributed by atoms with Crippen LogP contribution >= 0.6 is 0 Å². The molecule has 0 amide bonds. The van der Waals surface area contributed by atoms with Crippen LogP contribution < -0.4 is 0 Å². The number of rotatable bonds is 5. The van der Waals surface area contributed by atoms with E-state index in [0.29, 0.717) is 5.56 Å². The molecule has 0 spiro atoms. The van der Waals surface area contributed by atoms with Crippen LogP contribution in [0.1, 0.15) is 40.4 Å². The van der Waals surface area contributed by atoms with E-state index in [1.165, 1.54) is 16.3 Å². The molecular formula is C25H23O2. The van der Waals surface area contributed by atoms with Crippen molar-refractivity contribution in [3.63, 3.8) is 0 Å². The maximum atomic E-state index is 11.7. The minimum Gasteiger partial charge on any atom is -0.307 e. The third kappa shape index (κ3) is 4.31. The summed E-state index contributed by atoms with van der Waals surface area (Å²) in [4.78, 5) is 19.7. The first-order valence-corrected chi connectivity index (χ1v) is 8.86. The number of hydrogen-bond donors (Lipinski definition) is 0. The molecule has 0 aliphatic carbocycles. The third-order valence-corrected chi connectivity index (χ3v) is 4.43. The summed E-state index contributed by atoms with van der Waals surface area (Å²) < 4.78 is 0. The molecular weight excluding hydrogens is 332 g/mol. The Hall–Kier alpha value is -3.22. The van der Waals surface area contributed by atoms with Gasteiger partial charge in [0.2, 0.25) is 0 Å². The lowest BCUT2D eigenvalue weighted by molar-refractivity contribution is -0.0980. The van der Waals surface area contributed by atoms with Gasteiger partial charge in [0.1, 0.15) is 6.79 Å². The van der Waals surface area contributed by atoms with Crippen LogP contribution in [0.15, 0.2) is 60.8 Å². The van der Waals surface area contributed by atoms with Crippen LogP contribution in [-0.2, 0) is 11.2 Å². The molecule has 135 valence electrons. The van der Waals surface area contributed by atoms with Gasteiger partial charge < -0.3 is 4.79 Å². The van der Waals surface area contributed by atoms with Gasteiger partial charge in [-0.05, 0) is 52.4 Å². The summed E-state index contributed by atoms with van der Waals surface area (Å²) >= 11 is 0. The molecule has 0 fully saturated rings. The zero-order chi connectivity index (χ0) is 19.8. The quantitative estimate of drug-likeness (QED) is 0.422. The highest BCUT2D eigenvalue weighted by Gasteiger charge is 2.12. The molecule has 0 unspecified atom stereocenters. The normalized spacial score (nSPS) is 9.85. The van der Waals surface area contributed by atoms with Gasteiger partial charge in [-0.25, -0.2) is 0 Å². The van der Waals surface area contributed by atoms with E-state index in [1.54, 1.807) is 0 Å². The minimum atomic E-state index is 0.641. The van der Waals surface area contributed by atoms with Crippen LogP contribution in [-0.4, -0.2) is 13.1 Å². The fourth-order valence-electron chi connectivity index (χ4n) is 3.38. The summed E-state index contributed by atoms with van der Waals surface area (Å²) in [5, 5.41) is 2.41. The van der Waals surface area contributed by atoms with Gasteiger partial charge in [0.05, 0.1) is 0 Å². The summed E-state index contributed by atoms with van der Waals surface area (Å²) in [6, 6.07) is 16.9. The minimum absolute atomic E-state index is 0.641. The average Bonchev–Trinajstić information content (AvgIpc) is 2.70. The lowest BCUT2D eigenvalue weighted by Gasteiger charge is -2.14. The second kappa shape index (κ2) is 9.47. The largest absolute Gasteiger partial charge is 0.307 e. The molecule has 2 heteroatoms. The van der Waals surface area contributed by atoms with Crippen LogP contribution in [0.2, 0.25) is 0 Å². The Morgan fingerprint density at radius 1 is 1.07 bits per heavy atom.